The van der Waals surface area contributed by atoms with Crippen LogP contribution in [0.25, 0.3) is 11.1 Å². The van der Waals surface area contributed by atoms with Crippen molar-refractivity contribution >= 4 is 11.7 Å². The first-order chi connectivity index (χ1) is 14.0. The van der Waals surface area contributed by atoms with Crippen LogP contribution in [0, 0.1) is 0 Å². The van der Waals surface area contributed by atoms with E-state index in [-0.39, 0.29) is 18.7 Å². The van der Waals surface area contributed by atoms with Crippen LogP contribution >= 0.6 is 0 Å². The Bertz CT molecular complexity index is 889. The van der Waals surface area contributed by atoms with Gasteiger partial charge in [0.05, 0.1) is 18.7 Å². The molecule has 29 heavy (non-hydrogen) atoms. The Labute approximate surface area is 170 Å². The lowest BCUT2D eigenvalue weighted by atomic mass is 10.0. The van der Waals surface area contributed by atoms with Gasteiger partial charge in [-0.25, -0.2) is 4.98 Å². The Morgan fingerprint density at radius 2 is 2.03 bits per heavy atom. The van der Waals surface area contributed by atoms with Crippen molar-refractivity contribution in [3.63, 3.8) is 0 Å². The smallest absolute Gasteiger partial charge is 0.234 e. The van der Waals surface area contributed by atoms with Gasteiger partial charge in [-0.05, 0) is 55.9 Å². The van der Waals surface area contributed by atoms with Crippen molar-refractivity contribution < 1.29 is 19.4 Å². The number of hydrogen-bond acceptors (Lipinski definition) is 7. The highest BCUT2D eigenvalue weighted by molar-refractivity contribution is 5.78. The third-order valence-corrected chi connectivity index (χ3v) is 5.16. The summed E-state index contributed by atoms with van der Waals surface area (Å²) in [5.74, 6) is 2.22. The number of benzene rings is 1. The van der Waals surface area contributed by atoms with Crippen LogP contribution in [-0.2, 0) is 4.79 Å². The Morgan fingerprint density at radius 3 is 2.86 bits per heavy atom. The first-order valence-corrected chi connectivity index (χ1v) is 9.73. The number of aliphatic hydroxyl groups is 1. The van der Waals surface area contributed by atoms with E-state index in [9.17, 15) is 9.90 Å². The number of nitrogens with zero attached hydrogens (tertiary/aromatic N) is 3. The minimum absolute atomic E-state index is 0.0945. The second kappa shape index (κ2) is 8.26. The summed E-state index contributed by atoms with van der Waals surface area (Å²) in [4.78, 5) is 20.5. The largest absolute Gasteiger partial charge is 0.454 e. The molecule has 2 aliphatic heterocycles. The molecule has 154 valence electrons. The monoisotopic (exact) mass is 398 g/mol. The summed E-state index contributed by atoms with van der Waals surface area (Å²) in [5, 5.41) is 13.3. The fraction of sp³-hybridized carbons (Fsp3) is 0.429. The molecule has 1 aromatic heterocycles. The van der Waals surface area contributed by atoms with Crippen molar-refractivity contribution in [2.45, 2.75) is 18.6 Å². The molecule has 1 amide bonds. The van der Waals surface area contributed by atoms with Crippen LogP contribution in [0.4, 0.5) is 5.82 Å². The average Bonchev–Trinajstić information content (AvgIpc) is 3.17. The molecular weight excluding hydrogens is 372 g/mol. The third-order valence-electron chi connectivity index (χ3n) is 5.16. The van der Waals surface area contributed by atoms with Crippen molar-refractivity contribution in [1.82, 2.24) is 15.2 Å². The van der Waals surface area contributed by atoms with Crippen molar-refractivity contribution in [3.05, 3.63) is 36.5 Å². The van der Waals surface area contributed by atoms with Gasteiger partial charge < -0.3 is 29.7 Å². The molecule has 8 nitrogen and oxygen atoms in total. The van der Waals surface area contributed by atoms with E-state index in [2.05, 4.69) is 15.2 Å². The number of anilines is 1. The van der Waals surface area contributed by atoms with Gasteiger partial charge in [0, 0.05) is 19.3 Å². The molecule has 4 rings (SSSR count). The number of hydrogen-bond donors (Lipinski definition) is 2. The van der Waals surface area contributed by atoms with E-state index in [1.807, 2.05) is 44.4 Å². The minimum Gasteiger partial charge on any atom is -0.454 e. The number of nitrogens with one attached hydrogen (secondary N) is 1. The van der Waals surface area contributed by atoms with E-state index >= 15 is 0 Å². The summed E-state index contributed by atoms with van der Waals surface area (Å²) in [6.45, 7) is 1.73. The Hall–Kier alpha value is -2.84. The zero-order valence-electron chi connectivity index (χ0n) is 16.7. The van der Waals surface area contributed by atoms with E-state index in [1.54, 1.807) is 11.1 Å². The molecule has 1 fully saturated rings. The molecule has 3 heterocycles. The molecule has 0 aliphatic carbocycles. The predicted octanol–water partition coefficient (Wildman–Crippen LogP) is 1.09. The van der Waals surface area contributed by atoms with Crippen LogP contribution in [0.15, 0.2) is 36.5 Å². The Kier molecular flexibility index (Phi) is 5.55. The highest BCUT2D eigenvalue weighted by atomic mass is 16.7. The van der Waals surface area contributed by atoms with Crippen LogP contribution < -0.4 is 19.7 Å². The number of likely N-dealkylation sites (N-methyl/N-ethyl adjacent to an activating group) is 1. The van der Waals surface area contributed by atoms with Gasteiger partial charge in [0.2, 0.25) is 12.7 Å². The van der Waals surface area contributed by atoms with Crippen molar-refractivity contribution in [1.29, 1.82) is 0 Å². The van der Waals surface area contributed by atoms with Crippen LogP contribution in [0.3, 0.4) is 0 Å². The number of amides is 1. The molecule has 0 spiro atoms. The van der Waals surface area contributed by atoms with E-state index in [1.165, 1.54) is 0 Å². The summed E-state index contributed by atoms with van der Waals surface area (Å²) in [6, 6.07) is 9.52. The maximum absolute atomic E-state index is 12.1. The van der Waals surface area contributed by atoms with Crippen LogP contribution in [0.1, 0.15) is 6.42 Å². The van der Waals surface area contributed by atoms with Gasteiger partial charge in [0.25, 0.3) is 0 Å². The second-order valence-electron chi connectivity index (χ2n) is 7.68. The average molecular weight is 398 g/mol. The molecule has 0 saturated carbocycles. The fourth-order valence-electron chi connectivity index (χ4n) is 3.68. The van der Waals surface area contributed by atoms with E-state index < -0.39 is 6.10 Å². The van der Waals surface area contributed by atoms with Crippen molar-refractivity contribution in [3.8, 4) is 22.6 Å². The van der Waals surface area contributed by atoms with Crippen LogP contribution in [0.2, 0.25) is 0 Å². The molecule has 2 N–H and O–H groups in total. The molecule has 8 heteroatoms. The van der Waals surface area contributed by atoms with Crippen molar-refractivity contribution in [2.24, 2.45) is 0 Å². The molecule has 1 aromatic carbocycles. The standard InChI is InChI=1S/C21H26N4O4/c1-24(2)12-21(27)23-16-11-25(8-6-17(16)26)20-10-15(5-7-22-20)14-3-4-18-19(9-14)29-13-28-18/h3-5,7,9-10,16-17,26H,6,8,11-13H2,1-2H3,(H,23,27)/t16-,17+/m1/s1. The van der Waals surface area contributed by atoms with Gasteiger partial charge >= 0.3 is 0 Å². The summed E-state index contributed by atoms with van der Waals surface area (Å²) in [7, 11) is 3.68. The summed E-state index contributed by atoms with van der Waals surface area (Å²) in [5.41, 5.74) is 2.04. The second-order valence-corrected chi connectivity index (χ2v) is 7.68. The SMILES string of the molecule is CN(C)CC(=O)N[C@@H]1CN(c2cc(-c3ccc4c(c3)OCO4)ccn2)CC[C@@H]1O. The molecule has 0 unspecified atom stereocenters. The van der Waals surface area contributed by atoms with Gasteiger partial charge in [0.1, 0.15) is 5.82 Å². The quantitative estimate of drug-likeness (QED) is 0.780. The molecule has 2 atom stereocenters. The van der Waals surface area contributed by atoms with Gasteiger partial charge in [-0.2, -0.15) is 0 Å². The highest BCUT2D eigenvalue weighted by Gasteiger charge is 2.29. The third kappa shape index (κ3) is 4.44. The molecule has 0 radical (unpaired) electrons. The number of aromatic nitrogens is 1. The summed E-state index contributed by atoms with van der Waals surface area (Å²) < 4.78 is 10.9. The number of rotatable bonds is 5. The first-order valence-electron chi connectivity index (χ1n) is 9.73. The summed E-state index contributed by atoms with van der Waals surface area (Å²) >= 11 is 0. The van der Waals surface area contributed by atoms with E-state index in [0.29, 0.717) is 26.1 Å². The predicted molar refractivity (Wildman–Crippen MR) is 109 cm³/mol. The zero-order valence-corrected chi connectivity index (χ0v) is 16.7. The molecular formula is C21H26N4O4. The number of ether oxygens (including phenoxy) is 2. The molecule has 2 aliphatic rings. The molecule has 2 aromatic rings. The van der Waals surface area contributed by atoms with Crippen LogP contribution in [-0.4, -0.2) is 73.6 Å². The van der Waals surface area contributed by atoms with E-state index in [4.69, 9.17) is 9.47 Å². The highest BCUT2D eigenvalue weighted by Crippen LogP contribution is 2.36. The Balaban J connectivity index is 1.49. The fourth-order valence-corrected chi connectivity index (χ4v) is 3.68. The lowest BCUT2D eigenvalue weighted by Crippen LogP contribution is -2.56. The number of fused-ring (bicyclic) bond motifs is 1. The lowest BCUT2D eigenvalue weighted by Gasteiger charge is -2.37. The first kappa shape index (κ1) is 19.5. The van der Waals surface area contributed by atoms with Crippen LogP contribution in [0.5, 0.6) is 11.5 Å². The van der Waals surface area contributed by atoms with Gasteiger partial charge in [0.15, 0.2) is 11.5 Å². The minimum atomic E-state index is -0.561. The normalized spacial score (nSPS) is 20.8. The lowest BCUT2D eigenvalue weighted by molar-refractivity contribution is -0.123. The number of carbonyl (C=O) groups is 1. The topological polar surface area (TPSA) is 87.2 Å². The number of carbonyl (C=O) groups excluding carboxylic acids is 1. The van der Waals surface area contributed by atoms with Crippen molar-refractivity contribution in [2.75, 3.05) is 45.4 Å². The number of piperidine rings is 1. The summed E-state index contributed by atoms with van der Waals surface area (Å²) in [6.07, 6.45) is 1.79. The maximum atomic E-state index is 12.1. The van der Waals surface area contributed by atoms with E-state index in [0.717, 1.165) is 28.4 Å². The van der Waals surface area contributed by atoms with Gasteiger partial charge in [-0.1, -0.05) is 6.07 Å². The molecule has 1 saturated heterocycles. The maximum Gasteiger partial charge on any atom is 0.234 e. The zero-order chi connectivity index (χ0) is 20.4. The number of pyridine rings is 1. The van der Waals surface area contributed by atoms with Gasteiger partial charge in [-0.15, -0.1) is 0 Å². The van der Waals surface area contributed by atoms with Gasteiger partial charge in [-0.3, -0.25) is 4.79 Å². The number of aliphatic hydroxyl groups excluding tert-OH is 1. The molecule has 0 bridgehead atoms. The Morgan fingerprint density at radius 1 is 1.24 bits per heavy atom.